The van der Waals surface area contributed by atoms with Crippen LogP contribution in [0, 0.1) is 0 Å². The Morgan fingerprint density at radius 2 is 1.08 bits per heavy atom. The quantitative estimate of drug-likeness (QED) is 0.189. The van der Waals surface area contributed by atoms with E-state index < -0.39 is 6.17 Å². The van der Waals surface area contributed by atoms with Crippen LogP contribution in [-0.4, -0.2) is 11.7 Å². The molecule has 0 saturated carbocycles. The molecule has 1 aliphatic rings. The van der Waals surface area contributed by atoms with Crippen LogP contribution in [0.1, 0.15) is 22.9 Å². The van der Waals surface area contributed by atoms with Gasteiger partial charge in [0.15, 0.2) is 5.84 Å². The van der Waals surface area contributed by atoms with Gasteiger partial charge in [0.2, 0.25) is 0 Å². The van der Waals surface area contributed by atoms with Gasteiger partial charge in [0.05, 0.1) is 0 Å². The van der Waals surface area contributed by atoms with E-state index >= 15 is 0 Å². The number of fused-ring (bicyclic) bond motifs is 9. The zero-order chi connectivity index (χ0) is 34.9. The van der Waals surface area contributed by atoms with E-state index in [-0.39, 0.29) is 0 Å². The Morgan fingerprint density at radius 1 is 0.453 bits per heavy atom. The lowest BCUT2D eigenvalue weighted by molar-refractivity contribution is 0.669. The number of rotatable bonds is 4. The largest absolute Gasteiger partial charge is 0.455 e. The van der Waals surface area contributed by atoms with Crippen LogP contribution in [0.3, 0.4) is 0 Å². The van der Waals surface area contributed by atoms with Crippen LogP contribution in [0.4, 0.5) is 0 Å². The predicted octanol–water partition coefficient (Wildman–Crippen LogP) is 12.4. The van der Waals surface area contributed by atoms with Gasteiger partial charge in [-0.15, -0.1) is 0 Å². The van der Waals surface area contributed by atoms with E-state index in [0.29, 0.717) is 5.84 Å². The average Bonchev–Trinajstić information content (AvgIpc) is 3.63. The number of aliphatic imine (C=N–C) groups is 2. The highest BCUT2D eigenvalue weighted by Crippen LogP contribution is 2.40. The van der Waals surface area contributed by atoms with E-state index in [1.54, 1.807) is 0 Å². The van der Waals surface area contributed by atoms with Crippen molar-refractivity contribution in [2.75, 3.05) is 0 Å². The summed E-state index contributed by atoms with van der Waals surface area (Å²) in [6.45, 7) is 0. The van der Waals surface area contributed by atoms with E-state index in [2.05, 4.69) is 163 Å². The lowest BCUT2D eigenvalue weighted by atomic mass is 9.95. The number of furan rings is 1. The third-order valence-electron chi connectivity index (χ3n) is 10.7. The zero-order valence-electron chi connectivity index (χ0n) is 28.6. The fourth-order valence-corrected chi connectivity index (χ4v) is 8.19. The Hall–Kier alpha value is -7.04. The number of benzene rings is 9. The molecule has 9 aromatic carbocycles. The fourth-order valence-electron chi connectivity index (χ4n) is 8.19. The van der Waals surface area contributed by atoms with Crippen molar-refractivity contribution in [3.8, 4) is 11.1 Å². The Balaban J connectivity index is 1.18. The topological polar surface area (TPSA) is 49.9 Å². The van der Waals surface area contributed by atoms with Crippen molar-refractivity contribution in [3.63, 3.8) is 0 Å². The first-order valence-electron chi connectivity index (χ1n) is 18.0. The summed E-state index contributed by atoms with van der Waals surface area (Å²) >= 11 is 0. The second-order valence-corrected chi connectivity index (χ2v) is 13.7. The summed E-state index contributed by atoms with van der Waals surface area (Å²) in [7, 11) is 0. The molecule has 1 aromatic heterocycles. The van der Waals surface area contributed by atoms with Gasteiger partial charge in [-0.05, 0) is 79.0 Å². The molecule has 0 radical (unpaired) electrons. The molecule has 4 nitrogen and oxygen atoms in total. The van der Waals surface area contributed by atoms with Crippen molar-refractivity contribution < 1.29 is 4.42 Å². The molecule has 1 unspecified atom stereocenters. The van der Waals surface area contributed by atoms with Gasteiger partial charge < -0.3 is 9.73 Å². The molecule has 53 heavy (non-hydrogen) atoms. The van der Waals surface area contributed by atoms with Crippen molar-refractivity contribution in [2.24, 2.45) is 9.98 Å². The summed E-state index contributed by atoms with van der Waals surface area (Å²) in [5, 5.41) is 15.5. The van der Waals surface area contributed by atoms with Crippen LogP contribution in [0.25, 0.3) is 76.2 Å². The molecule has 2 heterocycles. The minimum atomic E-state index is -0.405. The van der Waals surface area contributed by atoms with Gasteiger partial charge >= 0.3 is 0 Å². The summed E-state index contributed by atoms with van der Waals surface area (Å²) in [5.41, 5.74) is 6.85. The maximum absolute atomic E-state index is 6.67. The monoisotopic (exact) mass is 677 g/mol. The highest BCUT2D eigenvalue weighted by Gasteiger charge is 2.26. The summed E-state index contributed by atoms with van der Waals surface area (Å²) in [5.74, 6) is 1.44. The molecule has 4 heteroatoms. The molecule has 1 N–H and O–H groups in total. The van der Waals surface area contributed by atoms with Crippen LogP contribution >= 0.6 is 0 Å². The van der Waals surface area contributed by atoms with Gasteiger partial charge in [-0.25, -0.2) is 9.98 Å². The number of hydrogen-bond acceptors (Lipinski definition) is 4. The third kappa shape index (κ3) is 4.77. The number of amidine groups is 2. The summed E-state index contributed by atoms with van der Waals surface area (Å²) in [4.78, 5) is 10.9. The molecule has 0 fully saturated rings. The Kier molecular flexibility index (Phi) is 6.58. The van der Waals surface area contributed by atoms with Crippen LogP contribution in [-0.2, 0) is 0 Å². The average molecular weight is 678 g/mol. The lowest BCUT2D eigenvalue weighted by Gasteiger charge is -2.25. The summed E-state index contributed by atoms with van der Waals surface area (Å²) < 4.78 is 6.67. The molecular weight excluding hydrogens is 647 g/mol. The van der Waals surface area contributed by atoms with Crippen molar-refractivity contribution in [1.82, 2.24) is 5.32 Å². The highest BCUT2D eigenvalue weighted by molar-refractivity contribution is 6.24. The third-order valence-corrected chi connectivity index (χ3v) is 10.7. The van der Waals surface area contributed by atoms with Gasteiger partial charge in [-0.2, -0.15) is 0 Å². The SMILES string of the molecule is c1ccc(-c2ccc(C3=NC(c4cc5ccccc5c5ccccc45)NC(c4ccc5ccc6ccccc6c5c4)=N3)c3c2oc2ccccc23)cc1. The minimum Gasteiger partial charge on any atom is -0.455 e. The maximum atomic E-state index is 6.67. The normalized spacial score (nSPS) is 14.6. The summed E-state index contributed by atoms with van der Waals surface area (Å²) in [6.07, 6.45) is -0.405. The summed E-state index contributed by atoms with van der Waals surface area (Å²) in [6, 6.07) is 62.1. The van der Waals surface area contributed by atoms with Crippen molar-refractivity contribution in [2.45, 2.75) is 6.17 Å². The maximum Gasteiger partial charge on any atom is 0.160 e. The lowest BCUT2D eigenvalue weighted by Crippen LogP contribution is -2.33. The first-order chi connectivity index (χ1) is 26.3. The molecule has 10 aromatic rings. The van der Waals surface area contributed by atoms with Crippen LogP contribution < -0.4 is 5.32 Å². The predicted molar refractivity (Wildman–Crippen MR) is 221 cm³/mol. The number of para-hydroxylation sites is 1. The molecular formula is C49H31N3O. The second kappa shape index (κ2) is 11.8. The van der Waals surface area contributed by atoms with Crippen LogP contribution in [0.5, 0.6) is 0 Å². The second-order valence-electron chi connectivity index (χ2n) is 13.7. The van der Waals surface area contributed by atoms with E-state index in [1.165, 1.54) is 37.7 Å². The first-order valence-corrected chi connectivity index (χ1v) is 18.0. The number of nitrogens with zero attached hydrogens (tertiary/aromatic N) is 2. The smallest absolute Gasteiger partial charge is 0.160 e. The number of nitrogens with one attached hydrogen (secondary N) is 1. The van der Waals surface area contributed by atoms with Crippen molar-refractivity contribution in [1.29, 1.82) is 0 Å². The highest BCUT2D eigenvalue weighted by atomic mass is 16.3. The van der Waals surface area contributed by atoms with Gasteiger partial charge in [0, 0.05) is 33.0 Å². The molecule has 0 bridgehead atoms. The van der Waals surface area contributed by atoms with E-state index in [9.17, 15) is 0 Å². The van der Waals surface area contributed by atoms with Gasteiger partial charge in [0.25, 0.3) is 0 Å². The van der Waals surface area contributed by atoms with Crippen molar-refractivity contribution in [3.05, 3.63) is 193 Å². The molecule has 11 rings (SSSR count). The van der Waals surface area contributed by atoms with Crippen LogP contribution in [0.2, 0.25) is 0 Å². The first kappa shape index (κ1) is 29.7. The number of hydrogen-bond donors (Lipinski definition) is 1. The van der Waals surface area contributed by atoms with Crippen molar-refractivity contribution >= 4 is 76.7 Å². The fraction of sp³-hybridized carbons (Fsp3) is 0.0204. The molecule has 0 amide bonds. The standard InChI is InChI=1S/C49H31N3O/c1-2-12-30(13-3-1)37-26-27-41(45-40-20-10-11-21-44(40)53-46(37)45)48-50-47(34-25-24-32-23-22-31-14-4-6-16-35(31)42(32)29-34)51-49(52-48)43-28-33-15-5-7-17-36(33)38-18-8-9-19-39(38)43/h1-29,49H,(H,50,51,52). The van der Waals surface area contributed by atoms with E-state index in [0.717, 1.165) is 61.0 Å². The minimum absolute atomic E-state index is 0.405. The van der Waals surface area contributed by atoms with Crippen LogP contribution in [0.15, 0.2) is 190 Å². The molecule has 1 atom stereocenters. The Morgan fingerprint density at radius 3 is 1.91 bits per heavy atom. The van der Waals surface area contributed by atoms with Gasteiger partial charge in [-0.1, -0.05) is 146 Å². The van der Waals surface area contributed by atoms with E-state index in [4.69, 9.17) is 14.4 Å². The molecule has 0 aliphatic carbocycles. The van der Waals surface area contributed by atoms with E-state index in [1.807, 2.05) is 18.2 Å². The Bertz CT molecular complexity index is 3150. The van der Waals surface area contributed by atoms with Gasteiger partial charge in [0.1, 0.15) is 23.2 Å². The van der Waals surface area contributed by atoms with Gasteiger partial charge in [-0.3, -0.25) is 0 Å². The zero-order valence-corrected chi connectivity index (χ0v) is 28.6. The molecule has 0 saturated heterocycles. The molecule has 1 aliphatic heterocycles. The Labute approximate surface area is 305 Å². The molecule has 0 spiro atoms. The molecule has 248 valence electrons.